The number of halogens is 3. The van der Waals surface area contributed by atoms with Gasteiger partial charge in [0.2, 0.25) is 19.2 Å². The van der Waals surface area contributed by atoms with Gasteiger partial charge in [0, 0.05) is 5.41 Å². The zero-order valence-corrected chi connectivity index (χ0v) is 8.08. The van der Waals surface area contributed by atoms with Crippen LogP contribution in [0.4, 0.5) is 13.2 Å². The van der Waals surface area contributed by atoms with Crippen molar-refractivity contribution in [3.8, 4) is 0 Å². The minimum Gasteiger partial charge on any atom is -0.217 e. The van der Waals surface area contributed by atoms with E-state index in [9.17, 15) is 21.6 Å². The second-order valence-corrected chi connectivity index (χ2v) is 5.13. The van der Waals surface area contributed by atoms with Gasteiger partial charge in [-0.1, -0.05) is 17.9 Å². The lowest BCUT2D eigenvalue weighted by molar-refractivity contribution is -0.138. The van der Waals surface area contributed by atoms with E-state index >= 15 is 0 Å². The molecule has 0 saturated heterocycles. The predicted octanol–water partition coefficient (Wildman–Crippen LogP) is 1.47. The van der Waals surface area contributed by atoms with Gasteiger partial charge in [0.25, 0.3) is 0 Å². The Morgan fingerprint density at radius 2 is 1.93 bits per heavy atom. The van der Waals surface area contributed by atoms with E-state index in [1.807, 2.05) is 0 Å². The van der Waals surface area contributed by atoms with Crippen LogP contribution >= 0.6 is 11.3 Å². The van der Waals surface area contributed by atoms with E-state index in [1.54, 1.807) is 0 Å². The zero-order chi connectivity index (χ0) is 11.0. The third-order valence-electron chi connectivity index (χ3n) is 1.11. The molecule has 9 heteroatoms. The van der Waals surface area contributed by atoms with Crippen LogP contribution in [0.5, 0.6) is 0 Å². The summed E-state index contributed by atoms with van der Waals surface area (Å²) in [6, 6.07) is 0. The Hall–Kier alpha value is -0.960. The van der Waals surface area contributed by atoms with Gasteiger partial charge in [-0.25, -0.2) is 8.42 Å². The summed E-state index contributed by atoms with van der Waals surface area (Å²) >= 11 is -0.0351. The first-order chi connectivity index (χ1) is 6.27. The lowest BCUT2D eigenvalue weighted by Gasteiger charge is -1.97. The first-order valence-corrected chi connectivity index (χ1v) is 5.42. The molecule has 0 radical (unpaired) electrons. The molecular weight excluding hydrogens is 241 g/mol. The molecule has 1 heterocycles. The second-order valence-electron chi connectivity index (χ2n) is 2.08. The number of nitrogens with zero attached hydrogens (tertiary/aromatic N) is 2. The second kappa shape index (κ2) is 3.31. The molecule has 14 heavy (non-hydrogen) atoms. The topological polar surface area (TPSA) is 59.9 Å². The number of hydrogen-bond acceptors (Lipinski definition) is 5. The predicted molar refractivity (Wildman–Crippen MR) is 42.3 cm³/mol. The zero-order valence-electron chi connectivity index (χ0n) is 6.45. The van der Waals surface area contributed by atoms with E-state index in [1.165, 1.54) is 0 Å². The molecule has 0 unspecified atom stereocenters. The largest absolute Gasteiger partial charge is 0.445 e. The highest BCUT2D eigenvalue weighted by atomic mass is 32.2. The van der Waals surface area contributed by atoms with Gasteiger partial charge in [-0.05, 0) is 0 Å². The molecule has 0 N–H and O–H groups in total. The molecular formula is C5H3F3N2O2S2. The standard InChI is InChI=1S/C5H3F3N2O2S2/c1-2-14(11,12)4-10-9-3(13-4)5(6,7)8/h2H,1H2. The van der Waals surface area contributed by atoms with Crippen LogP contribution in [0.2, 0.25) is 0 Å². The van der Waals surface area contributed by atoms with Crippen molar-refractivity contribution in [2.45, 2.75) is 10.5 Å². The number of aromatic nitrogens is 2. The quantitative estimate of drug-likeness (QED) is 0.790. The first kappa shape index (κ1) is 11.1. The Morgan fingerprint density at radius 3 is 2.29 bits per heavy atom. The van der Waals surface area contributed by atoms with Gasteiger partial charge >= 0.3 is 6.18 Å². The minimum absolute atomic E-state index is 0.0351. The number of hydrogen-bond donors (Lipinski definition) is 0. The van der Waals surface area contributed by atoms with E-state index in [4.69, 9.17) is 0 Å². The maximum atomic E-state index is 12.0. The van der Waals surface area contributed by atoms with E-state index in [2.05, 4.69) is 16.8 Å². The molecule has 1 aromatic heterocycles. The fourth-order valence-corrected chi connectivity index (χ4v) is 2.16. The van der Waals surface area contributed by atoms with E-state index < -0.39 is 25.4 Å². The highest BCUT2D eigenvalue weighted by Crippen LogP contribution is 2.32. The van der Waals surface area contributed by atoms with Crippen LogP contribution < -0.4 is 0 Å². The molecule has 0 aliphatic heterocycles. The lowest BCUT2D eigenvalue weighted by Crippen LogP contribution is -2.03. The van der Waals surface area contributed by atoms with Crippen LogP contribution in [0.25, 0.3) is 0 Å². The van der Waals surface area contributed by atoms with Gasteiger partial charge in [0.1, 0.15) is 0 Å². The monoisotopic (exact) mass is 244 g/mol. The molecule has 1 rings (SSSR count). The summed E-state index contributed by atoms with van der Waals surface area (Å²) in [5, 5.41) is 4.86. The SMILES string of the molecule is C=CS(=O)(=O)c1nnc(C(F)(F)F)s1. The summed E-state index contributed by atoms with van der Waals surface area (Å²) in [6.45, 7) is 2.95. The molecule has 0 bridgehead atoms. The Balaban J connectivity index is 3.19. The highest BCUT2D eigenvalue weighted by molar-refractivity contribution is 7.96. The van der Waals surface area contributed by atoms with Gasteiger partial charge in [-0.15, -0.1) is 10.2 Å². The van der Waals surface area contributed by atoms with Gasteiger partial charge in [0.15, 0.2) is 0 Å². The maximum absolute atomic E-state index is 12.0. The summed E-state index contributed by atoms with van der Waals surface area (Å²) in [5.74, 6) is 0. The highest BCUT2D eigenvalue weighted by Gasteiger charge is 2.36. The number of alkyl halides is 3. The van der Waals surface area contributed by atoms with E-state index in [-0.39, 0.29) is 11.3 Å². The average molecular weight is 244 g/mol. The van der Waals surface area contributed by atoms with Crippen molar-refractivity contribution in [1.29, 1.82) is 0 Å². The molecule has 0 fully saturated rings. The summed E-state index contributed by atoms with van der Waals surface area (Å²) in [4.78, 5) is 0. The summed E-state index contributed by atoms with van der Waals surface area (Å²) in [7, 11) is -3.93. The molecule has 0 aliphatic carbocycles. The Kier molecular flexibility index (Phi) is 2.63. The molecule has 1 aromatic rings. The molecule has 0 saturated carbocycles. The Bertz CT molecular complexity index is 448. The Labute approximate surface area is 81.0 Å². The molecule has 78 valence electrons. The minimum atomic E-state index is -4.67. The normalized spacial score (nSPS) is 12.8. The van der Waals surface area contributed by atoms with Crippen LogP contribution in [-0.4, -0.2) is 18.6 Å². The van der Waals surface area contributed by atoms with Gasteiger partial charge in [-0.2, -0.15) is 13.2 Å². The molecule has 0 aromatic carbocycles. The van der Waals surface area contributed by atoms with Crippen LogP contribution in [-0.2, 0) is 16.0 Å². The van der Waals surface area contributed by atoms with E-state index in [0.717, 1.165) is 0 Å². The Morgan fingerprint density at radius 1 is 1.36 bits per heavy atom. The first-order valence-electron chi connectivity index (χ1n) is 3.05. The molecule has 0 spiro atoms. The van der Waals surface area contributed by atoms with Crippen LogP contribution in [0.15, 0.2) is 16.3 Å². The number of sulfone groups is 1. The van der Waals surface area contributed by atoms with Crippen molar-refractivity contribution in [2.24, 2.45) is 0 Å². The van der Waals surface area contributed by atoms with Gasteiger partial charge in [0.05, 0.1) is 0 Å². The van der Waals surface area contributed by atoms with Crippen molar-refractivity contribution >= 4 is 21.2 Å². The van der Waals surface area contributed by atoms with Crippen LogP contribution in [0.1, 0.15) is 5.01 Å². The van der Waals surface area contributed by atoms with Gasteiger partial charge < -0.3 is 0 Å². The van der Waals surface area contributed by atoms with Crippen molar-refractivity contribution in [3.05, 3.63) is 17.0 Å². The summed E-state index contributed by atoms with van der Waals surface area (Å²) in [6.07, 6.45) is -4.67. The van der Waals surface area contributed by atoms with E-state index in [0.29, 0.717) is 5.41 Å². The molecule has 0 aliphatic rings. The molecule has 0 atom stereocenters. The van der Waals surface area contributed by atoms with Crippen molar-refractivity contribution in [3.63, 3.8) is 0 Å². The third kappa shape index (κ3) is 2.10. The van der Waals surface area contributed by atoms with Crippen molar-refractivity contribution < 1.29 is 21.6 Å². The van der Waals surface area contributed by atoms with Crippen molar-refractivity contribution in [1.82, 2.24) is 10.2 Å². The molecule has 4 nitrogen and oxygen atoms in total. The summed E-state index contributed by atoms with van der Waals surface area (Å²) in [5.41, 5.74) is 0. The van der Waals surface area contributed by atoms with Gasteiger partial charge in [-0.3, -0.25) is 0 Å². The van der Waals surface area contributed by atoms with Crippen molar-refractivity contribution in [2.75, 3.05) is 0 Å². The third-order valence-corrected chi connectivity index (χ3v) is 3.83. The van der Waals surface area contributed by atoms with Crippen LogP contribution in [0, 0.1) is 0 Å². The lowest BCUT2D eigenvalue weighted by atomic mass is 10.7. The smallest absolute Gasteiger partial charge is 0.217 e. The summed E-state index contributed by atoms with van der Waals surface area (Å²) < 4.78 is 57.2. The van der Waals surface area contributed by atoms with Crippen LogP contribution in [0.3, 0.4) is 0 Å². The average Bonchev–Trinajstić information content (AvgIpc) is 2.51. The maximum Gasteiger partial charge on any atom is 0.445 e. The number of rotatable bonds is 2. The fraction of sp³-hybridized carbons (Fsp3) is 0.200. The molecule has 0 amide bonds. The fourth-order valence-electron chi connectivity index (χ4n) is 0.511.